The van der Waals surface area contributed by atoms with Crippen LogP contribution in [0.25, 0.3) is 54.2 Å². The zero-order chi connectivity index (χ0) is 27.2. The van der Waals surface area contributed by atoms with Crippen molar-refractivity contribution in [1.29, 1.82) is 0 Å². The molecule has 1 heteroatoms. The minimum Gasteiger partial charge on any atom is -0.310 e. The maximum absolute atomic E-state index is 2.34. The molecule has 0 amide bonds. The lowest BCUT2D eigenvalue weighted by molar-refractivity contribution is 1.29. The Bertz CT molecular complexity index is 2190. The van der Waals surface area contributed by atoms with E-state index in [0.29, 0.717) is 0 Å². The Labute approximate surface area is 239 Å². The van der Waals surface area contributed by atoms with Crippen LogP contribution in [0.15, 0.2) is 164 Å². The van der Waals surface area contributed by atoms with E-state index >= 15 is 0 Å². The number of anilines is 3. The van der Waals surface area contributed by atoms with Crippen molar-refractivity contribution in [3.63, 3.8) is 0 Å². The number of rotatable bonds is 4. The summed E-state index contributed by atoms with van der Waals surface area (Å²) >= 11 is 0. The Morgan fingerprint density at radius 1 is 0.293 bits per heavy atom. The molecule has 0 atom stereocenters. The number of fused-ring (bicyclic) bond motifs is 6. The van der Waals surface area contributed by atoms with Gasteiger partial charge in [-0.2, -0.15) is 0 Å². The molecule has 0 heterocycles. The highest BCUT2D eigenvalue weighted by atomic mass is 15.1. The Hall–Kier alpha value is -5.40. The number of hydrogen-bond acceptors (Lipinski definition) is 1. The summed E-state index contributed by atoms with van der Waals surface area (Å²) in [5.74, 6) is 0. The van der Waals surface area contributed by atoms with Gasteiger partial charge in [0.2, 0.25) is 0 Å². The number of hydrogen-bond donors (Lipinski definition) is 0. The maximum atomic E-state index is 2.34. The first kappa shape index (κ1) is 23.5. The fourth-order valence-corrected chi connectivity index (χ4v) is 6.25. The summed E-state index contributed by atoms with van der Waals surface area (Å²) in [6.07, 6.45) is 0. The predicted octanol–water partition coefficient (Wildman–Crippen LogP) is 11.4. The fraction of sp³-hybridized carbons (Fsp3) is 0. The second kappa shape index (κ2) is 9.66. The van der Waals surface area contributed by atoms with Crippen molar-refractivity contribution in [2.45, 2.75) is 0 Å². The first-order valence-corrected chi connectivity index (χ1v) is 14.1. The quantitative estimate of drug-likeness (QED) is 0.208. The van der Waals surface area contributed by atoms with Gasteiger partial charge in [0.25, 0.3) is 0 Å². The van der Waals surface area contributed by atoms with Crippen molar-refractivity contribution in [1.82, 2.24) is 0 Å². The summed E-state index contributed by atoms with van der Waals surface area (Å²) in [5, 5.41) is 10.2. The van der Waals surface area contributed by atoms with Gasteiger partial charge in [-0.05, 0) is 90.6 Å². The normalized spacial score (nSPS) is 11.4. The highest BCUT2D eigenvalue weighted by molar-refractivity contribution is 6.17. The summed E-state index contributed by atoms with van der Waals surface area (Å²) in [6.45, 7) is 0. The molecule has 8 rings (SSSR count). The minimum absolute atomic E-state index is 1.13. The van der Waals surface area contributed by atoms with Crippen LogP contribution in [0, 0.1) is 0 Å². The molecule has 8 aromatic rings. The van der Waals surface area contributed by atoms with Crippen LogP contribution >= 0.6 is 0 Å². The smallest absolute Gasteiger partial charge is 0.0468 e. The molecule has 41 heavy (non-hydrogen) atoms. The van der Waals surface area contributed by atoms with Gasteiger partial charge in [0, 0.05) is 17.1 Å². The Morgan fingerprint density at radius 3 is 1.61 bits per heavy atom. The second-order valence-corrected chi connectivity index (χ2v) is 10.6. The van der Waals surface area contributed by atoms with Gasteiger partial charge in [-0.1, -0.05) is 127 Å². The molecular weight excluding hydrogens is 494 g/mol. The van der Waals surface area contributed by atoms with Crippen molar-refractivity contribution >= 4 is 60.2 Å². The van der Waals surface area contributed by atoms with Crippen molar-refractivity contribution in [2.24, 2.45) is 0 Å². The molecule has 0 spiro atoms. The van der Waals surface area contributed by atoms with E-state index in [-0.39, 0.29) is 0 Å². The van der Waals surface area contributed by atoms with Crippen LogP contribution in [0.4, 0.5) is 17.1 Å². The molecule has 0 bridgehead atoms. The number of benzene rings is 8. The molecule has 0 saturated heterocycles. The van der Waals surface area contributed by atoms with Gasteiger partial charge in [-0.15, -0.1) is 0 Å². The Balaban J connectivity index is 1.25. The second-order valence-electron chi connectivity index (χ2n) is 10.6. The number of nitrogens with zero attached hydrogens (tertiary/aromatic N) is 1. The van der Waals surface area contributed by atoms with Crippen molar-refractivity contribution < 1.29 is 0 Å². The molecule has 0 aliphatic carbocycles. The molecule has 0 radical (unpaired) electrons. The van der Waals surface area contributed by atoms with Gasteiger partial charge in [0.1, 0.15) is 0 Å². The summed E-state index contributed by atoms with van der Waals surface area (Å²) in [7, 11) is 0. The fourth-order valence-electron chi connectivity index (χ4n) is 6.25. The van der Waals surface area contributed by atoms with Crippen LogP contribution in [-0.2, 0) is 0 Å². The molecule has 1 nitrogen and oxygen atoms in total. The lowest BCUT2D eigenvalue weighted by Crippen LogP contribution is -2.09. The van der Waals surface area contributed by atoms with Gasteiger partial charge >= 0.3 is 0 Å². The standard InChI is InChI=1S/C40H27N/c1-2-12-32(13-3-1)41(33-21-17-30(18-22-33)36-16-8-11-28-9-4-6-14-35(28)36)34-23-26-38-31(27-34)20-25-39-37-15-7-5-10-29(37)19-24-40(38)39/h1-27H. The van der Waals surface area contributed by atoms with Crippen LogP contribution in [0.1, 0.15) is 0 Å². The molecular formula is C40H27N. The van der Waals surface area contributed by atoms with Crippen molar-refractivity contribution in [2.75, 3.05) is 4.90 Å². The Morgan fingerprint density at radius 2 is 0.829 bits per heavy atom. The third kappa shape index (κ3) is 4.02. The summed E-state index contributed by atoms with van der Waals surface area (Å²) in [6, 6.07) is 59.2. The molecule has 0 aromatic heterocycles. The molecule has 0 N–H and O–H groups in total. The Kier molecular flexibility index (Phi) is 5.53. The van der Waals surface area contributed by atoms with E-state index in [1.54, 1.807) is 0 Å². The molecule has 0 aliphatic rings. The van der Waals surface area contributed by atoms with Gasteiger partial charge in [0.15, 0.2) is 0 Å². The maximum Gasteiger partial charge on any atom is 0.0468 e. The SMILES string of the molecule is c1ccc(N(c2ccc(-c3cccc4ccccc34)cc2)c2ccc3c(ccc4c5ccccc5ccc34)c2)cc1. The van der Waals surface area contributed by atoms with E-state index in [4.69, 9.17) is 0 Å². The lowest BCUT2D eigenvalue weighted by Gasteiger charge is -2.26. The first-order valence-electron chi connectivity index (χ1n) is 14.1. The van der Waals surface area contributed by atoms with Gasteiger partial charge < -0.3 is 4.90 Å². The van der Waals surface area contributed by atoms with E-state index in [1.165, 1.54) is 54.2 Å². The summed E-state index contributed by atoms with van der Waals surface area (Å²) in [4.78, 5) is 2.34. The van der Waals surface area contributed by atoms with Gasteiger partial charge in [-0.25, -0.2) is 0 Å². The van der Waals surface area contributed by atoms with Crippen molar-refractivity contribution in [3.8, 4) is 11.1 Å². The van der Waals surface area contributed by atoms with E-state index in [9.17, 15) is 0 Å². The summed E-state index contributed by atoms with van der Waals surface area (Å²) in [5.41, 5.74) is 5.88. The minimum atomic E-state index is 1.13. The van der Waals surface area contributed by atoms with Crippen LogP contribution in [0.3, 0.4) is 0 Å². The lowest BCUT2D eigenvalue weighted by atomic mass is 9.96. The first-order chi connectivity index (χ1) is 20.3. The van der Waals surface area contributed by atoms with Crippen molar-refractivity contribution in [3.05, 3.63) is 164 Å². The van der Waals surface area contributed by atoms with E-state index in [2.05, 4.69) is 169 Å². The van der Waals surface area contributed by atoms with Gasteiger partial charge in [0.05, 0.1) is 0 Å². The molecule has 192 valence electrons. The van der Waals surface area contributed by atoms with Gasteiger partial charge in [-0.3, -0.25) is 0 Å². The molecule has 0 saturated carbocycles. The van der Waals surface area contributed by atoms with E-state index < -0.39 is 0 Å². The third-order valence-corrected chi connectivity index (χ3v) is 8.22. The van der Waals surface area contributed by atoms with Crippen LogP contribution in [-0.4, -0.2) is 0 Å². The van der Waals surface area contributed by atoms with Crippen LogP contribution in [0.5, 0.6) is 0 Å². The zero-order valence-corrected chi connectivity index (χ0v) is 22.5. The zero-order valence-electron chi connectivity index (χ0n) is 22.5. The summed E-state index contributed by atoms with van der Waals surface area (Å²) < 4.78 is 0. The van der Waals surface area contributed by atoms with E-state index in [0.717, 1.165) is 17.1 Å². The predicted molar refractivity (Wildman–Crippen MR) is 177 cm³/mol. The molecule has 0 fully saturated rings. The molecule has 8 aromatic carbocycles. The molecule has 0 unspecified atom stereocenters. The van der Waals surface area contributed by atoms with E-state index in [1.807, 2.05) is 0 Å². The average Bonchev–Trinajstić information content (AvgIpc) is 3.05. The topological polar surface area (TPSA) is 3.24 Å². The highest BCUT2D eigenvalue weighted by Crippen LogP contribution is 2.39. The van der Waals surface area contributed by atoms with Crippen LogP contribution < -0.4 is 4.90 Å². The molecule has 0 aliphatic heterocycles. The average molecular weight is 522 g/mol. The monoisotopic (exact) mass is 521 g/mol. The highest BCUT2D eigenvalue weighted by Gasteiger charge is 2.14. The number of para-hydroxylation sites is 1. The third-order valence-electron chi connectivity index (χ3n) is 8.22. The largest absolute Gasteiger partial charge is 0.310 e. The van der Waals surface area contributed by atoms with Crippen LogP contribution in [0.2, 0.25) is 0 Å².